The number of amides is 1. The van der Waals surface area contributed by atoms with Crippen LogP contribution in [0, 0.1) is 5.92 Å². The monoisotopic (exact) mass is 343 g/mol. The first-order valence-electron chi connectivity index (χ1n) is 9.97. The van der Waals surface area contributed by atoms with Crippen LogP contribution in [0.25, 0.3) is 0 Å². The van der Waals surface area contributed by atoms with Crippen LogP contribution in [0.1, 0.15) is 61.7 Å². The van der Waals surface area contributed by atoms with E-state index in [-0.39, 0.29) is 12.0 Å². The highest BCUT2D eigenvalue weighted by molar-refractivity contribution is 5.94. The van der Waals surface area contributed by atoms with Crippen LogP contribution in [0.5, 0.6) is 5.75 Å². The van der Waals surface area contributed by atoms with Crippen molar-refractivity contribution in [3.8, 4) is 5.75 Å². The van der Waals surface area contributed by atoms with Gasteiger partial charge < -0.3 is 14.4 Å². The fourth-order valence-electron chi connectivity index (χ4n) is 4.70. The molecule has 0 aromatic heterocycles. The Bertz CT molecular complexity index is 577. The topological polar surface area (TPSA) is 38.8 Å². The van der Waals surface area contributed by atoms with Gasteiger partial charge in [-0.2, -0.15) is 0 Å². The summed E-state index contributed by atoms with van der Waals surface area (Å²) in [5.41, 5.74) is 0.788. The van der Waals surface area contributed by atoms with E-state index in [0.717, 1.165) is 49.6 Å². The zero-order valence-corrected chi connectivity index (χ0v) is 15.0. The number of benzene rings is 1. The molecule has 0 N–H and O–H groups in total. The number of likely N-dealkylation sites (tertiary alicyclic amines) is 1. The summed E-state index contributed by atoms with van der Waals surface area (Å²) in [5.74, 6) is 1.74. The molecule has 1 aliphatic carbocycles. The van der Waals surface area contributed by atoms with Crippen molar-refractivity contribution in [3.63, 3.8) is 0 Å². The number of piperidine rings is 1. The lowest BCUT2D eigenvalue weighted by atomic mass is 9.78. The maximum absolute atomic E-state index is 13.0. The highest BCUT2D eigenvalue weighted by atomic mass is 16.5. The first-order chi connectivity index (χ1) is 12.3. The number of hydrogen-bond acceptors (Lipinski definition) is 3. The van der Waals surface area contributed by atoms with Crippen molar-refractivity contribution in [2.24, 2.45) is 5.92 Å². The van der Waals surface area contributed by atoms with Crippen molar-refractivity contribution in [3.05, 3.63) is 29.8 Å². The molecule has 3 aliphatic rings. The summed E-state index contributed by atoms with van der Waals surface area (Å²) in [6.07, 6.45) is 9.94. The SMILES string of the molecule is O=C(c1ccc(OC[C@@H]2CCCO2)cc1)N1CCC[C@@H]2CCCC[C@@H]21. The minimum atomic E-state index is 0.197. The molecule has 1 aromatic carbocycles. The van der Waals surface area contributed by atoms with Gasteiger partial charge in [0.25, 0.3) is 5.91 Å². The molecule has 2 heterocycles. The van der Waals surface area contributed by atoms with Crippen LogP contribution in [0.3, 0.4) is 0 Å². The maximum atomic E-state index is 13.0. The summed E-state index contributed by atoms with van der Waals surface area (Å²) in [7, 11) is 0. The van der Waals surface area contributed by atoms with E-state index in [2.05, 4.69) is 4.90 Å². The Labute approximate surface area is 150 Å². The smallest absolute Gasteiger partial charge is 0.254 e. The van der Waals surface area contributed by atoms with Crippen molar-refractivity contribution in [2.75, 3.05) is 19.8 Å². The number of nitrogens with zero attached hydrogens (tertiary/aromatic N) is 1. The Balaban J connectivity index is 1.37. The summed E-state index contributed by atoms with van der Waals surface area (Å²) in [5, 5.41) is 0. The van der Waals surface area contributed by atoms with E-state index in [0.29, 0.717) is 12.6 Å². The number of carbonyl (C=O) groups is 1. The molecule has 136 valence electrons. The predicted molar refractivity (Wildman–Crippen MR) is 96.9 cm³/mol. The molecule has 25 heavy (non-hydrogen) atoms. The Kier molecular flexibility index (Phi) is 5.25. The third-order valence-electron chi connectivity index (χ3n) is 6.07. The normalized spacial score (nSPS) is 29.3. The molecule has 4 nitrogen and oxygen atoms in total. The summed E-state index contributed by atoms with van der Waals surface area (Å²) in [6, 6.07) is 8.14. The number of carbonyl (C=O) groups excluding carboxylic acids is 1. The number of rotatable bonds is 4. The van der Waals surface area contributed by atoms with Gasteiger partial charge >= 0.3 is 0 Å². The zero-order valence-electron chi connectivity index (χ0n) is 15.0. The molecule has 3 atom stereocenters. The second-order valence-electron chi connectivity index (χ2n) is 7.72. The van der Waals surface area contributed by atoms with Crippen LogP contribution in [0.15, 0.2) is 24.3 Å². The highest BCUT2D eigenvalue weighted by Crippen LogP contribution is 2.36. The van der Waals surface area contributed by atoms with Crippen molar-refractivity contribution in [1.29, 1.82) is 0 Å². The zero-order chi connectivity index (χ0) is 17.1. The highest BCUT2D eigenvalue weighted by Gasteiger charge is 2.35. The fraction of sp³-hybridized carbons (Fsp3) is 0.667. The molecule has 4 heteroatoms. The van der Waals surface area contributed by atoms with Crippen LogP contribution in [-0.2, 0) is 4.74 Å². The minimum absolute atomic E-state index is 0.197. The molecule has 2 aliphatic heterocycles. The first-order valence-corrected chi connectivity index (χ1v) is 9.97. The van der Waals surface area contributed by atoms with E-state index in [1.807, 2.05) is 24.3 Å². The van der Waals surface area contributed by atoms with Gasteiger partial charge in [0.15, 0.2) is 0 Å². The minimum Gasteiger partial charge on any atom is -0.491 e. The van der Waals surface area contributed by atoms with E-state index >= 15 is 0 Å². The standard InChI is InChI=1S/C21H29NO3/c23-21(22-13-3-6-16-5-1-2-8-20(16)22)17-9-11-18(12-10-17)25-15-19-7-4-14-24-19/h9-12,16,19-20H,1-8,13-15H2/t16-,19-,20-/m0/s1. The lowest BCUT2D eigenvalue weighted by Crippen LogP contribution is -2.49. The van der Waals surface area contributed by atoms with E-state index in [1.54, 1.807) is 0 Å². The quantitative estimate of drug-likeness (QED) is 0.828. The molecule has 2 saturated heterocycles. The van der Waals surface area contributed by atoms with Crippen LogP contribution in [-0.4, -0.2) is 42.7 Å². The van der Waals surface area contributed by atoms with Gasteiger partial charge in [-0.05, 0) is 68.7 Å². The molecule has 1 saturated carbocycles. The molecule has 3 fully saturated rings. The van der Waals surface area contributed by atoms with Gasteiger partial charge in [-0.25, -0.2) is 0 Å². The largest absolute Gasteiger partial charge is 0.491 e. The molecule has 0 radical (unpaired) electrons. The fourth-order valence-corrected chi connectivity index (χ4v) is 4.70. The molecule has 1 aromatic rings. The average Bonchev–Trinajstić information content (AvgIpc) is 3.19. The van der Waals surface area contributed by atoms with E-state index in [9.17, 15) is 4.79 Å². The van der Waals surface area contributed by atoms with Gasteiger partial charge in [0.2, 0.25) is 0 Å². The van der Waals surface area contributed by atoms with E-state index < -0.39 is 0 Å². The average molecular weight is 343 g/mol. The molecule has 0 spiro atoms. The van der Waals surface area contributed by atoms with Gasteiger partial charge in [-0.3, -0.25) is 4.79 Å². The van der Waals surface area contributed by atoms with Gasteiger partial charge in [-0.15, -0.1) is 0 Å². The lowest BCUT2D eigenvalue weighted by molar-refractivity contribution is 0.0390. The Morgan fingerprint density at radius 2 is 1.84 bits per heavy atom. The summed E-state index contributed by atoms with van der Waals surface area (Å²) >= 11 is 0. The van der Waals surface area contributed by atoms with Crippen molar-refractivity contribution in [1.82, 2.24) is 4.90 Å². The van der Waals surface area contributed by atoms with Gasteiger partial charge in [0.1, 0.15) is 12.4 Å². The molecule has 4 rings (SSSR count). The van der Waals surface area contributed by atoms with Crippen molar-refractivity contribution >= 4 is 5.91 Å². The maximum Gasteiger partial charge on any atom is 0.254 e. The summed E-state index contributed by atoms with van der Waals surface area (Å²) in [6.45, 7) is 2.36. The van der Waals surface area contributed by atoms with Crippen molar-refractivity contribution in [2.45, 2.75) is 63.5 Å². The second kappa shape index (κ2) is 7.77. The van der Waals surface area contributed by atoms with Gasteiger partial charge in [-0.1, -0.05) is 12.8 Å². The predicted octanol–water partition coefficient (Wildman–Crippen LogP) is 4.04. The Morgan fingerprint density at radius 1 is 1.04 bits per heavy atom. The van der Waals surface area contributed by atoms with E-state index in [4.69, 9.17) is 9.47 Å². The molecule has 0 unspecified atom stereocenters. The third kappa shape index (κ3) is 3.84. The number of fused-ring (bicyclic) bond motifs is 1. The number of hydrogen-bond donors (Lipinski definition) is 0. The number of ether oxygens (including phenoxy) is 2. The van der Waals surface area contributed by atoms with Crippen LogP contribution in [0.4, 0.5) is 0 Å². The molecular weight excluding hydrogens is 314 g/mol. The van der Waals surface area contributed by atoms with Crippen LogP contribution >= 0.6 is 0 Å². The summed E-state index contributed by atoms with van der Waals surface area (Å²) in [4.78, 5) is 15.1. The molecular formula is C21H29NO3. The Morgan fingerprint density at radius 3 is 2.64 bits per heavy atom. The van der Waals surface area contributed by atoms with Gasteiger partial charge in [0.05, 0.1) is 6.10 Å². The van der Waals surface area contributed by atoms with E-state index in [1.165, 1.54) is 32.1 Å². The van der Waals surface area contributed by atoms with Gasteiger partial charge in [0, 0.05) is 24.8 Å². The molecule has 0 bridgehead atoms. The third-order valence-corrected chi connectivity index (χ3v) is 6.07. The lowest BCUT2D eigenvalue weighted by Gasteiger charge is -2.44. The summed E-state index contributed by atoms with van der Waals surface area (Å²) < 4.78 is 11.4. The van der Waals surface area contributed by atoms with Crippen LogP contribution in [0.2, 0.25) is 0 Å². The second-order valence-corrected chi connectivity index (χ2v) is 7.72. The van der Waals surface area contributed by atoms with Crippen LogP contribution < -0.4 is 4.74 Å². The van der Waals surface area contributed by atoms with Crippen molar-refractivity contribution < 1.29 is 14.3 Å². The first kappa shape index (κ1) is 16.9. The molecule has 1 amide bonds. The Hall–Kier alpha value is -1.55.